The minimum atomic E-state index is -0.176. The van der Waals surface area contributed by atoms with E-state index < -0.39 is 0 Å². The lowest BCUT2D eigenvalue weighted by Gasteiger charge is -2.40. The highest BCUT2D eigenvalue weighted by molar-refractivity contribution is 5.19. The Hall–Kier alpha value is -0.930. The Morgan fingerprint density at radius 2 is 2.06 bits per heavy atom. The van der Waals surface area contributed by atoms with Crippen molar-refractivity contribution in [2.75, 3.05) is 19.6 Å². The van der Waals surface area contributed by atoms with Crippen LogP contribution in [0.25, 0.3) is 0 Å². The molecule has 0 heterocycles. The van der Waals surface area contributed by atoms with Crippen LogP contribution in [0, 0.1) is 5.82 Å². The van der Waals surface area contributed by atoms with Crippen LogP contribution in [0.15, 0.2) is 24.3 Å². The third-order valence-electron chi connectivity index (χ3n) is 3.55. The van der Waals surface area contributed by atoms with E-state index in [1.807, 2.05) is 6.07 Å². The lowest BCUT2D eigenvalue weighted by Crippen LogP contribution is -2.53. The Morgan fingerprint density at radius 1 is 1.33 bits per heavy atom. The van der Waals surface area contributed by atoms with E-state index in [1.165, 1.54) is 6.07 Å². The van der Waals surface area contributed by atoms with Crippen LogP contribution in [0.1, 0.15) is 32.8 Å². The summed E-state index contributed by atoms with van der Waals surface area (Å²) >= 11 is 0. The van der Waals surface area contributed by atoms with Gasteiger partial charge in [0.25, 0.3) is 0 Å². The number of hydrogen-bond donors (Lipinski definition) is 1. The van der Waals surface area contributed by atoms with Crippen LogP contribution in [-0.2, 0) is 6.42 Å². The zero-order valence-electron chi connectivity index (χ0n) is 11.7. The maximum absolute atomic E-state index is 13.2. The van der Waals surface area contributed by atoms with Gasteiger partial charge in [-0.15, -0.1) is 0 Å². The van der Waals surface area contributed by atoms with E-state index in [0.29, 0.717) is 6.54 Å². The fourth-order valence-electron chi connectivity index (χ4n) is 2.48. The monoisotopic (exact) mass is 252 g/mol. The van der Waals surface area contributed by atoms with Crippen molar-refractivity contribution in [3.63, 3.8) is 0 Å². The van der Waals surface area contributed by atoms with Crippen molar-refractivity contribution in [3.05, 3.63) is 35.6 Å². The lowest BCUT2D eigenvalue weighted by molar-refractivity contribution is 0.117. The van der Waals surface area contributed by atoms with Gasteiger partial charge in [-0.25, -0.2) is 4.39 Å². The Morgan fingerprint density at radius 3 is 2.56 bits per heavy atom. The number of hydrogen-bond acceptors (Lipinski definition) is 2. The lowest BCUT2D eigenvalue weighted by atomic mass is 9.90. The summed E-state index contributed by atoms with van der Waals surface area (Å²) in [6.45, 7) is 9.06. The van der Waals surface area contributed by atoms with Crippen molar-refractivity contribution in [1.82, 2.24) is 4.90 Å². The van der Waals surface area contributed by atoms with E-state index >= 15 is 0 Å². The maximum Gasteiger partial charge on any atom is 0.123 e. The molecule has 0 radical (unpaired) electrons. The maximum atomic E-state index is 13.2. The molecule has 0 aliphatic heterocycles. The number of nitrogens with zero attached hydrogens (tertiary/aromatic N) is 1. The van der Waals surface area contributed by atoms with Gasteiger partial charge in [0.1, 0.15) is 5.82 Å². The second kappa shape index (κ2) is 6.86. The van der Waals surface area contributed by atoms with Crippen LogP contribution < -0.4 is 5.73 Å². The molecule has 1 rings (SSSR count). The molecule has 2 nitrogen and oxygen atoms in total. The second-order valence-electron chi connectivity index (χ2n) is 5.09. The molecular formula is C15H25FN2. The van der Waals surface area contributed by atoms with Crippen LogP contribution in [0.5, 0.6) is 0 Å². The summed E-state index contributed by atoms with van der Waals surface area (Å²) in [6.07, 6.45) is 1.89. The van der Waals surface area contributed by atoms with Crippen LogP contribution in [0.4, 0.5) is 4.39 Å². The minimum absolute atomic E-state index is 0.0987. The molecule has 2 N–H and O–H groups in total. The number of halogens is 1. The number of nitrogens with two attached hydrogens (primary N) is 1. The molecule has 0 spiro atoms. The summed E-state index contributed by atoms with van der Waals surface area (Å²) in [7, 11) is 0. The fourth-order valence-corrected chi connectivity index (χ4v) is 2.48. The summed E-state index contributed by atoms with van der Waals surface area (Å²) in [6, 6.07) is 6.81. The minimum Gasteiger partial charge on any atom is -0.329 e. The molecule has 0 aromatic heterocycles. The average molecular weight is 252 g/mol. The van der Waals surface area contributed by atoms with Gasteiger partial charge in [0.15, 0.2) is 0 Å². The molecule has 18 heavy (non-hydrogen) atoms. The highest BCUT2D eigenvalue weighted by atomic mass is 19.1. The first-order valence-electron chi connectivity index (χ1n) is 6.75. The van der Waals surface area contributed by atoms with Gasteiger partial charge in [-0.2, -0.15) is 0 Å². The molecule has 0 aliphatic carbocycles. The molecule has 1 unspecified atom stereocenters. The zero-order valence-corrected chi connectivity index (χ0v) is 11.7. The molecule has 1 aromatic carbocycles. The van der Waals surface area contributed by atoms with Crippen molar-refractivity contribution in [2.24, 2.45) is 5.73 Å². The third kappa shape index (κ3) is 3.79. The SMILES string of the molecule is CCCN(CC)C(C)(CN)Cc1cccc(F)c1. The first kappa shape index (κ1) is 15.1. The van der Waals surface area contributed by atoms with Gasteiger partial charge >= 0.3 is 0 Å². The van der Waals surface area contributed by atoms with Gasteiger partial charge in [-0.1, -0.05) is 26.0 Å². The topological polar surface area (TPSA) is 29.3 Å². The Balaban J connectivity index is 2.87. The van der Waals surface area contributed by atoms with Crippen molar-refractivity contribution >= 4 is 0 Å². The third-order valence-corrected chi connectivity index (χ3v) is 3.55. The normalized spacial score (nSPS) is 14.8. The van der Waals surface area contributed by atoms with E-state index in [4.69, 9.17) is 5.73 Å². The van der Waals surface area contributed by atoms with E-state index in [0.717, 1.165) is 31.5 Å². The Bertz CT molecular complexity index is 367. The van der Waals surface area contributed by atoms with Crippen molar-refractivity contribution < 1.29 is 4.39 Å². The Labute approximate surface area is 110 Å². The highest BCUT2D eigenvalue weighted by Crippen LogP contribution is 2.20. The molecule has 0 amide bonds. The summed E-state index contributed by atoms with van der Waals surface area (Å²) in [4.78, 5) is 2.39. The van der Waals surface area contributed by atoms with Gasteiger partial charge in [-0.05, 0) is 50.6 Å². The quantitative estimate of drug-likeness (QED) is 0.808. The molecule has 102 valence electrons. The first-order valence-corrected chi connectivity index (χ1v) is 6.75. The Kier molecular flexibility index (Phi) is 5.76. The van der Waals surface area contributed by atoms with E-state index in [1.54, 1.807) is 12.1 Å². The summed E-state index contributed by atoms with van der Waals surface area (Å²) in [5.74, 6) is -0.176. The summed E-state index contributed by atoms with van der Waals surface area (Å²) < 4.78 is 13.2. The predicted molar refractivity (Wildman–Crippen MR) is 75.1 cm³/mol. The molecule has 0 fully saturated rings. The summed E-state index contributed by atoms with van der Waals surface area (Å²) in [5.41, 5.74) is 6.88. The number of benzene rings is 1. The fraction of sp³-hybridized carbons (Fsp3) is 0.600. The van der Waals surface area contributed by atoms with Gasteiger partial charge in [-0.3, -0.25) is 4.90 Å². The van der Waals surface area contributed by atoms with Crippen molar-refractivity contribution in [2.45, 2.75) is 39.2 Å². The molecular weight excluding hydrogens is 227 g/mol. The molecule has 3 heteroatoms. The zero-order chi connectivity index (χ0) is 13.6. The first-order chi connectivity index (χ1) is 8.55. The summed E-state index contributed by atoms with van der Waals surface area (Å²) in [5, 5.41) is 0. The van der Waals surface area contributed by atoms with Crippen LogP contribution >= 0.6 is 0 Å². The molecule has 1 atom stereocenters. The molecule has 0 bridgehead atoms. The predicted octanol–water partition coefficient (Wildman–Crippen LogP) is 2.82. The van der Waals surface area contributed by atoms with Crippen LogP contribution in [-0.4, -0.2) is 30.1 Å². The molecule has 0 saturated carbocycles. The van der Waals surface area contributed by atoms with E-state index in [9.17, 15) is 4.39 Å². The second-order valence-corrected chi connectivity index (χ2v) is 5.09. The van der Waals surface area contributed by atoms with Crippen molar-refractivity contribution in [3.8, 4) is 0 Å². The standard InChI is InChI=1S/C15H25FN2/c1-4-9-18(5-2)15(3,12-17)11-13-7-6-8-14(16)10-13/h6-8,10H,4-5,9,11-12,17H2,1-3H3. The van der Waals surface area contributed by atoms with Crippen LogP contribution in [0.2, 0.25) is 0 Å². The average Bonchev–Trinajstić information content (AvgIpc) is 2.35. The van der Waals surface area contributed by atoms with Crippen LogP contribution in [0.3, 0.4) is 0 Å². The largest absolute Gasteiger partial charge is 0.329 e. The van der Waals surface area contributed by atoms with Gasteiger partial charge < -0.3 is 5.73 Å². The highest BCUT2D eigenvalue weighted by Gasteiger charge is 2.29. The smallest absolute Gasteiger partial charge is 0.123 e. The molecule has 0 aliphatic rings. The van der Waals surface area contributed by atoms with E-state index in [2.05, 4.69) is 25.7 Å². The molecule has 1 aromatic rings. The van der Waals surface area contributed by atoms with Gasteiger partial charge in [0, 0.05) is 12.1 Å². The van der Waals surface area contributed by atoms with E-state index in [-0.39, 0.29) is 11.4 Å². The van der Waals surface area contributed by atoms with Gasteiger partial charge in [0.05, 0.1) is 0 Å². The number of likely N-dealkylation sites (N-methyl/N-ethyl adjacent to an activating group) is 1. The number of rotatable bonds is 7. The van der Waals surface area contributed by atoms with Gasteiger partial charge in [0.2, 0.25) is 0 Å². The van der Waals surface area contributed by atoms with Crippen molar-refractivity contribution in [1.29, 1.82) is 0 Å². The molecule has 0 saturated heterocycles.